The first-order chi connectivity index (χ1) is 8.85. The third-order valence-electron chi connectivity index (χ3n) is 3.27. The largest absolute Gasteiger partial charge is 0.374 e. The van der Waals surface area contributed by atoms with Crippen LogP contribution in [0, 0.1) is 0 Å². The molecule has 0 bridgehead atoms. The fourth-order valence-corrected chi connectivity index (χ4v) is 3.20. The number of nitrogens with two attached hydrogens (primary N) is 1. The second-order valence-corrected chi connectivity index (χ2v) is 5.77. The zero-order chi connectivity index (χ0) is 12.8. The average molecular weight is 266 g/mol. The molecule has 3 nitrogen and oxygen atoms in total. The Hall–Kier alpha value is -0.550. The lowest BCUT2D eigenvalue weighted by molar-refractivity contribution is 0.0468. The summed E-state index contributed by atoms with van der Waals surface area (Å²) in [6.45, 7) is 3.02. The van der Waals surface area contributed by atoms with Crippen LogP contribution in [0.1, 0.15) is 30.5 Å². The Bertz CT molecular complexity index is 349. The van der Waals surface area contributed by atoms with Gasteiger partial charge in [-0.05, 0) is 17.5 Å². The lowest BCUT2D eigenvalue weighted by Gasteiger charge is -2.30. The van der Waals surface area contributed by atoms with Crippen molar-refractivity contribution in [1.29, 1.82) is 0 Å². The number of hydrogen-bond donors (Lipinski definition) is 2. The van der Waals surface area contributed by atoms with Crippen LogP contribution in [-0.2, 0) is 11.2 Å². The molecule has 2 rings (SSSR count). The second kappa shape index (κ2) is 7.14. The standard InChI is InChI=1S/C14H22N2OS/c1-2-3-11-4-6-12(7-5-11)14(16-15)13-10-18-9-8-17-13/h4-7,13-14,16H,2-3,8-10,15H2,1H3. The Morgan fingerprint density at radius 3 is 2.78 bits per heavy atom. The molecule has 4 heteroatoms. The molecule has 2 unspecified atom stereocenters. The molecular weight excluding hydrogens is 244 g/mol. The topological polar surface area (TPSA) is 47.3 Å². The van der Waals surface area contributed by atoms with Gasteiger partial charge in [-0.1, -0.05) is 37.6 Å². The molecule has 0 spiro atoms. The lowest BCUT2D eigenvalue weighted by atomic mass is 10.00. The molecule has 1 heterocycles. The number of nitrogens with one attached hydrogen (secondary N) is 1. The molecular formula is C14H22N2OS. The van der Waals surface area contributed by atoms with Crippen LogP contribution in [0.4, 0.5) is 0 Å². The Morgan fingerprint density at radius 1 is 1.44 bits per heavy atom. The van der Waals surface area contributed by atoms with Gasteiger partial charge in [0.15, 0.2) is 0 Å². The zero-order valence-corrected chi connectivity index (χ0v) is 11.7. The van der Waals surface area contributed by atoms with Gasteiger partial charge in [-0.25, -0.2) is 0 Å². The van der Waals surface area contributed by atoms with Crippen LogP contribution in [0.15, 0.2) is 24.3 Å². The van der Waals surface area contributed by atoms with Crippen LogP contribution >= 0.6 is 11.8 Å². The molecule has 0 aliphatic carbocycles. The number of rotatable bonds is 5. The van der Waals surface area contributed by atoms with Gasteiger partial charge in [0.1, 0.15) is 0 Å². The SMILES string of the molecule is CCCc1ccc(C(NN)C2CSCCO2)cc1. The van der Waals surface area contributed by atoms with E-state index in [1.165, 1.54) is 17.5 Å². The van der Waals surface area contributed by atoms with Crippen LogP contribution in [0.2, 0.25) is 0 Å². The molecule has 1 aliphatic rings. The van der Waals surface area contributed by atoms with E-state index in [1.807, 2.05) is 11.8 Å². The summed E-state index contributed by atoms with van der Waals surface area (Å²) in [5, 5.41) is 0. The van der Waals surface area contributed by atoms with Gasteiger partial charge in [-0.2, -0.15) is 11.8 Å². The minimum absolute atomic E-state index is 0.0912. The van der Waals surface area contributed by atoms with Gasteiger partial charge in [0.2, 0.25) is 0 Å². The number of hydrazine groups is 1. The number of thioether (sulfide) groups is 1. The second-order valence-electron chi connectivity index (χ2n) is 4.62. The van der Waals surface area contributed by atoms with E-state index < -0.39 is 0 Å². The van der Waals surface area contributed by atoms with Crippen molar-refractivity contribution in [3.8, 4) is 0 Å². The number of ether oxygens (including phenoxy) is 1. The van der Waals surface area contributed by atoms with E-state index in [0.29, 0.717) is 0 Å². The molecule has 0 radical (unpaired) electrons. The summed E-state index contributed by atoms with van der Waals surface area (Å²) < 4.78 is 5.80. The normalized spacial score (nSPS) is 21.8. The molecule has 1 aromatic rings. The van der Waals surface area contributed by atoms with Gasteiger partial charge in [0.25, 0.3) is 0 Å². The van der Waals surface area contributed by atoms with E-state index >= 15 is 0 Å². The van der Waals surface area contributed by atoms with E-state index in [-0.39, 0.29) is 12.1 Å². The number of aryl methyl sites for hydroxylation is 1. The Labute approximate surface area is 113 Å². The number of benzene rings is 1. The Balaban J connectivity index is 2.06. The quantitative estimate of drug-likeness (QED) is 0.634. The molecule has 100 valence electrons. The van der Waals surface area contributed by atoms with Gasteiger partial charge in [-0.15, -0.1) is 0 Å². The average Bonchev–Trinajstić information content (AvgIpc) is 2.43. The van der Waals surface area contributed by atoms with Crippen LogP contribution in [0.3, 0.4) is 0 Å². The van der Waals surface area contributed by atoms with Crippen LogP contribution in [0.25, 0.3) is 0 Å². The highest BCUT2D eigenvalue weighted by Gasteiger charge is 2.25. The third kappa shape index (κ3) is 3.48. The van der Waals surface area contributed by atoms with Crippen molar-refractivity contribution in [3.05, 3.63) is 35.4 Å². The molecule has 0 aromatic heterocycles. The van der Waals surface area contributed by atoms with E-state index in [9.17, 15) is 0 Å². The summed E-state index contributed by atoms with van der Waals surface area (Å²) in [6.07, 6.45) is 2.49. The molecule has 3 N–H and O–H groups in total. The highest BCUT2D eigenvalue weighted by Crippen LogP contribution is 2.25. The Morgan fingerprint density at radius 2 is 2.22 bits per heavy atom. The van der Waals surface area contributed by atoms with E-state index in [0.717, 1.165) is 24.5 Å². The summed E-state index contributed by atoms with van der Waals surface area (Å²) in [7, 11) is 0. The summed E-state index contributed by atoms with van der Waals surface area (Å²) in [5.74, 6) is 7.79. The highest BCUT2D eigenvalue weighted by atomic mass is 32.2. The van der Waals surface area contributed by atoms with Crippen molar-refractivity contribution < 1.29 is 4.74 Å². The summed E-state index contributed by atoms with van der Waals surface area (Å²) >= 11 is 1.93. The zero-order valence-electron chi connectivity index (χ0n) is 10.9. The monoisotopic (exact) mass is 266 g/mol. The predicted octanol–water partition coefficient (Wildman–Crippen LogP) is 2.28. The third-order valence-corrected chi connectivity index (χ3v) is 4.29. The maximum absolute atomic E-state index is 5.80. The van der Waals surface area contributed by atoms with Gasteiger partial charge >= 0.3 is 0 Å². The molecule has 18 heavy (non-hydrogen) atoms. The molecule has 0 saturated carbocycles. The molecule has 1 fully saturated rings. The fourth-order valence-electron chi connectivity index (χ4n) is 2.30. The van der Waals surface area contributed by atoms with Gasteiger partial charge in [0, 0.05) is 11.5 Å². The first-order valence-corrected chi connectivity index (χ1v) is 7.75. The van der Waals surface area contributed by atoms with E-state index in [4.69, 9.17) is 10.6 Å². The van der Waals surface area contributed by atoms with Gasteiger partial charge in [0.05, 0.1) is 18.8 Å². The minimum atomic E-state index is 0.0912. The first-order valence-electron chi connectivity index (χ1n) is 6.59. The maximum atomic E-state index is 5.80. The molecule has 1 saturated heterocycles. The summed E-state index contributed by atoms with van der Waals surface area (Å²) in [6, 6.07) is 8.81. The van der Waals surface area contributed by atoms with Crippen molar-refractivity contribution in [2.24, 2.45) is 5.84 Å². The molecule has 1 aromatic carbocycles. The van der Waals surface area contributed by atoms with Crippen molar-refractivity contribution in [2.75, 3.05) is 18.1 Å². The van der Waals surface area contributed by atoms with Crippen LogP contribution in [-0.4, -0.2) is 24.2 Å². The van der Waals surface area contributed by atoms with E-state index in [1.54, 1.807) is 0 Å². The smallest absolute Gasteiger partial charge is 0.0873 e. The van der Waals surface area contributed by atoms with Gasteiger partial charge in [-0.3, -0.25) is 11.3 Å². The van der Waals surface area contributed by atoms with Crippen molar-refractivity contribution >= 4 is 11.8 Å². The maximum Gasteiger partial charge on any atom is 0.0873 e. The van der Waals surface area contributed by atoms with E-state index in [2.05, 4.69) is 36.6 Å². The molecule has 0 amide bonds. The highest BCUT2D eigenvalue weighted by molar-refractivity contribution is 7.99. The molecule has 1 aliphatic heterocycles. The van der Waals surface area contributed by atoms with Gasteiger partial charge < -0.3 is 4.74 Å². The number of hydrogen-bond acceptors (Lipinski definition) is 4. The minimum Gasteiger partial charge on any atom is -0.374 e. The fraction of sp³-hybridized carbons (Fsp3) is 0.571. The first kappa shape index (κ1) is 13.9. The van der Waals surface area contributed by atoms with Crippen LogP contribution < -0.4 is 11.3 Å². The predicted molar refractivity (Wildman–Crippen MR) is 77.6 cm³/mol. The Kier molecular flexibility index (Phi) is 5.50. The van der Waals surface area contributed by atoms with Crippen LogP contribution in [0.5, 0.6) is 0 Å². The van der Waals surface area contributed by atoms with Crippen molar-refractivity contribution in [3.63, 3.8) is 0 Å². The van der Waals surface area contributed by atoms with Crippen molar-refractivity contribution in [1.82, 2.24) is 5.43 Å². The lowest BCUT2D eigenvalue weighted by Crippen LogP contribution is -2.41. The van der Waals surface area contributed by atoms with Crippen molar-refractivity contribution in [2.45, 2.75) is 31.9 Å². The molecule has 2 atom stereocenters. The summed E-state index contributed by atoms with van der Waals surface area (Å²) in [5.41, 5.74) is 5.50. The summed E-state index contributed by atoms with van der Waals surface area (Å²) in [4.78, 5) is 0.